The lowest BCUT2D eigenvalue weighted by molar-refractivity contribution is -0.139. The summed E-state index contributed by atoms with van der Waals surface area (Å²) in [4.78, 5) is 23.8. The maximum atomic E-state index is 12.4. The summed E-state index contributed by atoms with van der Waals surface area (Å²) in [5.74, 6) is 0.0433. The Morgan fingerprint density at radius 3 is 2.95 bits per heavy atom. The molecule has 1 aromatic heterocycles. The van der Waals surface area contributed by atoms with Gasteiger partial charge in [-0.1, -0.05) is 6.07 Å². The van der Waals surface area contributed by atoms with E-state index in [9.17, 15) is 9.59 Å². The smallest absolute Gasteiger partial charge is 0.328 e. The third kappa shape index (κ3) is 2.22. The van der Waals surface area contributed by atoms with Crippen LogP contribution < -0.4 is 10.1 Å². The number of rotatable bonds is 3. The van der Waals surface area contributed by atoms with Gasteiger partial charge in [0.15, 0.2) is 0 Å². The van der Waals surface area contributed by atoms with E-state index in [1.807, 2.05) is 25.2 Å². The van der Waals surface area contributed by atoms with Gasteiger partial charge in [0.25, 0.3) is 5.91 Å². The summed E-state index contributed by atoms with van der Waals surface area (Å²) in [6.07, 6.45) is 0.512. The highest BCUT2D eigenvalue weighted by atomic mass is 16.5. The fourth-order valence-electron chi connectivity index (χ4n) is 2.59. The number of aromatic nitrogens is 1. The fraction of sp³-hybridized carbons (Fsp3) is 0.333. The van der Waals surface area contributed by atoms with E-state index in [0.29, 0.717) is 24.5 Å². The Bertz CT molecular complexity index is 720. The maximum Gasteiger partial charge on any atom is 0.328 e. The minimum absolute atomic E-state index is 0.292. The summed E-state index contributed by atoms with van der Waals surface area (Å²) < 4.78 is 11.9. The van der Waals surface area contributed by atoms with E-state index in [1.165, 1.54) is 0 Å². The lowest BCUT2D eigenvalue weighted by Crippen LogP contribution is -2.38. The van der Waals surface area contributed by atoms with Crippen LogP contribution >= 0.6 is 0 Å². The largest absolute Gasteiger partial charge is 0.496 e. The molecule has 110 valence electrons. The normalized spacial score (nSPS) is 17.8. The molecule has 6 heteroatoms. The van der Waals surface area contributed by atoms with Crippen molar-refractivity contribution in [3.63, 3.8) is 0 Å². The Morgan fingerprint density at radius 1 is 1.48 bits per heavy atom. The summed E-state index contributed by atoms with van der Waals surface area (Å²) in [5.41, 5.74) is 1.38. The van der Waals surface area contributed by atoms with Gasteiger partial charge in [0.05, 0.1) is 19.2 Å². The predicted octanol–water partition coefficient (Wildman–Crippen LogP) is 1.23. The lowest BCUT2D eigenvalue weighted by Gasteiger charge is -2.09. The van der Waals surface area contributed by atoms with E-state index in [0.717, 1.165) is 10.9 Å². The molecule has 0 bridgehead atoms. The van der Waals surface area contributed by atoms with E-state index >= 15 is 0 Å². The molecular weight excluding hydrogens is 272 g/mol. The van der Waals surface area contributed by atoms with E-state index in [2.05, 4.69) is 5.32 Å². The van der Waals surface area contributed by atoms with Gasteiger partial charge in [-0.2, -0.15) is 0 Å². The van der Waals surface area contributed by atoms with Crippen LogP contribution in [0.3, 0.4) is 0 Å². The van der Waals surface area contributed by atoms with Gasteiger partial charge in [-0.25, -0.2) is 4.79 Å². The number of hydrogen-bond donors (Lipinski definition) is 1. The Morgan fingerprint density at radius 2 is 2.29 bits per heavy atom. The quantitative estimate of drug-likeness (QED) is 0.863. The fourth-order valence-corrected chi connectivity index (χ4v) is 2.59. The third-order valence-electron chi connectivity index (χ3n) is 3.74. The van der Waals surface area contributed by atoms with Crippen molar-refractivity contribution in [2.45, 2.75) is 12.5 Å². The molecule has 0 spiro atoms. The van der Waals surface area contributed by atoms with Crippen molar-refractivity contribution in [2.75, 3.05) is 13.7 Å². The molecule has 21 heavy (non-hydrogen) atoms. The van der Waals surface area contributed by atoms with Crippen LogP contribution in [0.1, 0.15) is 16.9 Å². The zero-order valence-electron chi connectivity index (χ0n) is 11.9. The third-order valence-corrected chi connectivity index (χ3v) is 3.74. The molecule has 3 rings (SSSR count). The number of nitrogens with zero attached hydrogens (tertiary/aromatic N) is 1. The van der Waals surface area contributed by atoms with Crippen LogP contribution in [0, 0.1) is 0 Å². The van der Waals surface area contributed by atoms with Crippen molar-refractivity contribution >= 4 is 22.8 Å². The highest BCUT2D eigenvalue weighted by Crippen LogP contribution is 2.28. The first-order valence-corrected chi connectivity index (χ1v) is 6.71. The average molecular weight is 288 g/mol. The van der Waals surface area contributed by atoms with E-state index in [-0.39, 0.29) is 11.9 Å². The summed E-state index contributed by atoms with van der Waals surface area (Å²) in [7, 11) is 3.40. The van der Waals surface area contributed by atoms with Crippen LogP contribution in [-0.4, -0.2) is 36.2 Å². The van der Waals surface area contributed by atoms with Crippen molar-refractivity contribution in [1.29, 1.82) is 0 Å². The number of ether oxygens (including phenoxy) is 2. The SMILES string of the molecule is COc1cccc2c1cc(C(=O)N[C@H]1CCOC1=O)n2C. The first kappa shape index (κ1) is 13.5. The van der Waals surface area contributed by atoms with Gasteiger partial charge in [0, 0.05) is 18.9 Å². The Kier molecular flexibility index (Phi) is 3.29. The number of hydrogen-bond acceptors (Lipinski definition) is 4. The molecule has 0 radical (unpaired) electrons. The highest BCUT2D eigenvalue weighted by molar-refractivity contribution is 6.01. The molecular formula is C15H16N2O4. The van der Waals surface area contributed by atoms with Crippen LogP contribution in [0.2, 0.25) is 0 Å². The molecule has 1 aliphatic rings. The molecule has 1 N–H and O–H groups in total. The monoisotopic (exact) mass is 288 g/mol. The molecule has 0 aliphatic carbocycles. The van der Waals surface area contributed by atoms with Crippen molar-refractivity contribution in [3.8, 4) is 5.75 Å². The number of fused-ring (bicyclic) bond motifs is 1. The Balaban J connectivity index is 1.94. The zero-order chi connectivity index (χ0) is 15.0. The minimum Gasteiger partial charge on any atom is -0.496 e. The van der Waals surface area contributed by atoms with Gasteiger partial charge < -0.3 is 19.4 Å². The van der Waals surface area contributed by atoms with Gasteiger partial charge >= 0.3 is 5.97 Å². The van der Waals surface area contributed by atoms with Crippen molar-refractivity contribution in [3.05, 3.63) is 30.0 Å². The average Bonchev–Trinajstić information content (AvgIpc) is 3.03. The van der Waals surface area contributed by atoms with Crippen molar-refractivity contribution in [2.24, 2.45) is 7.05 Å². The summed E-state index contributed by atoms with van der Waals surface area (Å²) in [5, 5.41) is 3.57. The molecule has 1 amide bonds. The van der Waals surface area contributed by atoms with Crippen molar-refractivity contribution < 1.29 is 19.1 Å². The molecule has 2 aromatic rings. The molecule has 1 atom stereocenters. The number of aryl methyl sites for hydroxylation is 1. The number of cyclic esters (lactones) is 1. The molecule has 2 heterocycles. The van der Waals surface area contributed by atoms with Gasteiger partial charge in [0.2, 0.25) is 0 Å². The van der Waals surface area contributed by atoms with Gasteiger partial charge in [0.1, 0.15) is 17.5 Å². The number of carbonyl (C=O) groups excluding carboxylic acids is 2. The summed E-state index contributed by atoms with van der Waals surface area (Å²) >= 11 is 0. The predicted molar refractivity (Wildman–Crippen MR) is 76.3 cm³/mol. The summed E-state index contributed by atoms with van der Waals surface area (Å²) in [6, 6.07) is 6.84. The minimum atomic E-state index is -0.558. The highest BCUT2D eigenvalue weighted by Gasteiger charge is 2.29. The zero-order valence-corrected chi connectivity index (χ0v) is 11.9. The van der Waals surface area contributed by atoms with Gasteiger partial charge in [-0.15, -0.1) is 0 Å². The Hall–Kier alpha value is -2.50. The second-order valence-electron chi connectivity index (χ2n) is 4.96. The maximum absolute atomic E-state index is 12.4. The molecule has 1 saturated heterocycles. The molecule has 1 aromatic carbocycles. The molecule has 0 saturated carbocycles. The molecule has 0 unspecified atom stereocenters. The van der Waals surface area contributed by atoms with Crippen LogP contribution in [0.4, 0.5) is 0 Å². The number of nitrogens with one attached hydrogen (secondary N) is 1. The molecule has 1 aliphatic heterocycles. The van der Waals surface area contributed by atoms with E-state index < -0.39 is 6.04 Å². The summed E-state index contributed by atoms with van der Waals surface area (Å²) in [6.45, 7) is 0.354. The number of methoxy groups -OCH3 is 1. The van der Waals surface area contributed by atoms with Crippen LogP contribution in [0.5, 0.6) is 5.75 Å². The Labute approximate surface area is 121 Å². The van der Waals surface area contributed by atoms with E-state index in [4.69, 9.17) is 9.47 Å². The standard InChI is InChI=1S/C15H16N2O4/c1-17-11-4-3-5-13(20-2)9(11)8-12(17)14(18)16-10-6-7-21-15(10)19/h3-5,8,10H,6-7H2,1-2H3,(H,16,18)/t10-/m0/s1. The number of carbonyl (C=O) groups is 2. The molecule has 6 nitrogen and oxygen atoms in total. The van der Waals surface area contributed by atoms with Gasteiger partial charge in [-0.3, -0.25) is 4.79 Å². The van der Waals surface area contributed by atoms with Crippen molar-refractivity contribution in [1.82, 2.24) is 9.88 Å². The molecule has 1 fully saturated rings. The number of benzene rings is 1. The number of amides is 1. The van der Waals surface area contributed by atoms with Crippen LogP contribution in [-0.2, 0) is 16.6 Å². The first-order chi connectivity index (χ1) is 10.1. The van der Waals surface area contributed by atoms with Crippen LogP contribution in [0.25, 0.3) is 10.9 Å². The second-order valence-corrected chi connectivity index (χ2v) is 4.96. The lowest BCUT2D eigenvalue weighted by atomic mass is 10.2. The second kappa shape index (κ2) is 5.12. The number of esters is 1. The van der Waals surface area contributed by atoms with Crippen LogP contribution in [0.15, 0.2) is 24.3 Å². The first-order valence-electron chi connectivity index (χ1n) is 6.71. The van der Waals surface area contributed by atoms with Gasteiger partial charge in [-0.05, 0) is 18.2 Å². The topological polar surface area (TPSA) is 69.6 Å². The van der Waals surface area contributed by atoms with E-state index in [1.54, 1.807) is 17.7 Å².